The van der Waals surface area contributed by atoms with Crippen molar-refractivity contribution in [1.29, 1.82) is 0 Å². The number of hydrogen-bond acceptors (Lipinski definition) is 5. The molecule has 4 rings (SSSR count). The van der Waals surface area contributed by atoms with Crippen LogP contribution in [0.4, 0.5) is 4.39 Å². The molecule has 0 amide bonds. The number of carbonyl (C=O) groups excluding carboxylic acids is 1. The smallest absolute Gasteiger partial charge is 0.331 e. The van der Waals surface area contributed by atoms with Gasteiger partial charge >= 0.3 is 5.97 Å². The Labute approximate surface area is 173 Å². The SMILES string of the molecule is Cc1cc(C)n(-c2ccc(COC(=O)/C=C/c3cc(F)cc4c3OCOC4)cc2)n1. The minimum atomic E-state index is -0.525. The molecule has 0 spiro atoms. The van der Waals surface area contributed by atoms with Gasteiger partial charge in [-0.05, 0) is 55.8 Å². The Balaban J connectivity index is 1.38. The van der Waals surface area contributed by atoms with Crippen LogP contribution in [0, 0.1) is 19.7 Å². The van der Waals surface area contributed by atoms with E-state index >= 15 is 0 Å². The molecule has 154 valence electrons. The van der Waals surface area contributed by atoms with Crippen molar-refractivity contribution in [2.45, 2.75) is 27.1 Å². The topological polar surface area (TPSA) is 62.6 Å². The second-order valence-corrected chi connectivity index (χ2v) is 7.04. The average molecular weight is 408 g/mol. The fourth-order valence-electron chi connectivity index (χ4n) is 3.32. The molecule has 7 heteroatoms. The van der Waals surface area contributed by atoms with Crippen LogP contribution in [0.2, 0.25) is 0 Å². The number of rotatable bonds is 5. The van der Waals surface area contributed by atoms with E-state index in [4.69, 9.17) is 14.2 Å². The summed E-state index contributed by atoms with van der Waals surface area (Å²) in [5.74, 6) is -0.423. The van der Waals surface area contributed by atoms with Gasteiger partial charge in [-0.25, -0.2) is 13.9 Å². The Morgan fingerprint density at radius 2 is 2.03 bits per heavy atom. The predicted molar refractivity (Wildman–Crippen MR) is 109 cm³/mol. The molecule has 2 heterocycles. The summed E-state index contributed by atoms with van der Waals surface area (Å²) in [6.07, 6.45) is 2.75. The first-order chi connectivity index (χ1) is 14.5. The summed E-state index contributed by atoms with van der Waals surface area (Å²) < 4.78 is 31.5. The Kier molecular flexibility index (Phi) is 5.63. The predicted octanol–water partition coefficient (Wildman–Crippen LogP) is 4.25. The summed E-state index contributed by atoms with van der Waals surface area (Å²) >= 11 is 0. The zero-order valence-electron chi connectivity index (χ0n) is 16.7. The van der Waals surface area contributed by atoms with E-state index in [2.05, 4.69) is 5.10 Å². The fraction of sp³-hybridized carbons (Fsp3) is 0.217. The molecule has 1 aromatic heterocycles. The van der Waals surface area contributed by atoms with Crippen molar-refractivity contribution in [2.24, 2.45) is 0 Å². The Morgan fingerprint density at radius 3 is 2.77 bits per heavy atom. The zero-order chi connectivity index (χ0) is 21.1. The highest BCUT2D eigenvalue weighted by atomic mass is 19.1. The van der Waals surface area contributed by atoms with Crippen molar-refractivity contribution in [1.82, 2.24) is 9.78 Å². The van der Waals surface area contributed by atoms with Crippen LogP contribution in [-0.4, -0.2) is 22.5 Å². The number of nitrogens with zero attached hydrogens (tertiary/aromatic N) is 2. The van der Waals surface area contributed by atoms with Crippen LogP contribution in [0.5, 0.6) is 5.75 Å². The molecule has 1 aliphatic heterocycles. The first-order valence-electron chi connectivity index (χ1n) is 9.50. The van der Waals surface area contributed by atoms with Gasteiger partial charge in [-0.2, -0.15) is 5.10 Å². The molecular formula is C23H21FN2O4. The summed E-state index contributed by atoms with van der Waals surface area (Å²) in [5, 5.41) is 4.45. The molecule has 0 radical (unpaired) electrons. The number of esters is 1. The molecule has 0 saturated carbocycles. The number of ether oxygens (including phenoxy) is 3. The third-order valence-corrected chi connectivity index (χ3v) is 4.67. The molecule has 0 N–H and O–H groups in total. The highest BCUT2D eigenvalue weighted by Crippen LogP contribution is 2.30. The summed E-state index contributed by atoms with van der Waals surface area (Å²) in [6.45, 7) is 4.44. The van der Waals surface area contributed by atoms with Crippen molar-refractivity contribution in [3.05, 3.63) is 82.4 Å². The van der Waals surface area contributed by atoms with Crippen LogP contribution in [0.25, 0.3) is 11.8 Å². The third-order valence-electron chi connectivity index (χ3n) is 4.67. The van der Waals surface area contributed by atoms with E-state index in [-0.39, 0.29) is 20.0 Å². The van der Waals surface area contributed by atoms with Gasteiger partial charge in [0.05, 0.1) is 18.0 Å². The van der Waals surface area contributed by atoms with Crippen molar-refractivity contribution >= 4 is 12.0 Å². The molecule has 0 atom stereocenters. The van der Waals surface area contributed by atoms with E-state index in [1.165, 1.54) is 24.3 Å². The van der Waals surface area contributed by atoms with Gasteiger partial charge in [0.2, 0.25) is 0 Å². The van der Waals surface area contributed by atoms with Gasteiger partial charge in [0, 0.05) is 22.9 Å². The molecule has 3 aromatic rings. The van der Waals surface area contributed by atoms with Gasteiger partial charge in [0.1, 0.15) is 18.2 Å². The Morgan fingerprint density at radius 1 is 1.23 bits per heavy atom. The quantitative estimate of drug-likeness (QED) is 0.467. The number of benzene rings is 2. The Hall–Kier alpha value is -3.45. The average Bonchev–Trinajstić information content (AvgIpc) is 3.08. The maximum absolute atomic E-state index is 13.8. The molecule has 0 fully saturated rings. The Bertz CT molecular complexity index is 1100. The lowest BCUT2D eigenvalue weighted by Gasteiger charge is -2.19. The first kappa shape index (κ1) is 19.8. The second-order valence-electron chi connectivity index (χ2n) is 7.04. The highest BCUT2D eigenvalue weighted by molar-refractivity contribution is 5.87. The summed E-state index contributed by atoms with van der Waals surface area (Å²) in [4.78, 5) is 12.1. The van der Waals surface area contributed by atoms with Crippen molar-refractivity contribution in [2.75, 3.05) is 6.79 Å². The third kappa shape index (κ3) is 4.41. The number of hydrogen-bond donors (Lipinski definition) is 0. The van der Waals surface area contributed by atoms with Gasteiger partial charge in [-0.3, -0.25) is 0 Å². The molecule has 2 aromatic carbocycles. The van der Waals surface area contributed by atoms with Crippen LogP contribution in [0.1, 0.15) is 28.1 Å². The van der Waals surface area contributed by atoms with Crippen LogP contribution in [0.3, 0.4) is 0 Å². The van der Waals surface area contributed by atoms with Crippen LogP contribution < -0.4 is 4.74 Å². The lowest BCUT2D eigenvalue weighted by Crippen LogP contribution is -2.12. The molecule has 30 heavy (non-hydrogen) atoms. The van der Waals surface area contributed by atoms with Gasteiger partial charge < -0.3 is 14.2 Å². The number of carbonyl (C=O) groups is 1. The summed E-state index contributed by atoms with van der Waals surface area (Å²) in [6, 6.07) is 12.3. The standard InChI is InChI=1S/C23H21FN2O4/c1-15-9-16(2)26(25-15)21-6-3-17(4-7-21)12-29-22(27)8-5-18-10-20(24)11-19-13-28-14-30-23(18)19/h3-11H,12-14H2,1-2H3/b8-5+. The largest absolute Gasteiger partial charge is 0.467 e. The normalized spacial score (nSPS) is 13.2. The van der Waals surface area contributed by atoms with Gasteiger partial charge in [0.15, 0.2) is 6.79 Å². The number of halogens is 1. The van der Waals surface area contributed by atoms with Crippen molar-refractivity contribution in [3.8, 4) is 11.4 Å². The lowest BCUT2D eigenvalue weighted by atomic mass is 10.1. The number of aryl methyl sites for hydroxylation is 2. The van der Waals surface area contributed by atoms with Crippen LogP contribution in [-0.2, 0) is 27.5 Å². The van der Waals surface area contributed by atoms with E-state index in [0.29, 0.717) is 16.9 Å². The molecular weight excluding hydrogens is 387 g/mol. The first-order valence-corrected chi connectivity index (χ1v) is 9.50. The van der Waals surface area contributed by atoms with E-state index in [1.54, 1.807) is 0 Å². The van der Waals surface area contributed by atoms with E-state index < -0.39 is 11.8 Å². The maximum Gasteiger partial charge on any atom is 0.331 e. The van der Waals surface area contributed by atoms with Crippen molar-refractivity contribution in [3.63, 3.8) is 0 Å². The van der Waals surface area contributed by atoms with E-state index in [1.807, 2.05) is 48.9 Å². The molecule has 1 aliphatic rings. The van der Waals surface area contributed by atoms with E-state index in [0.717, 1.165) is 22.6 Å². The molecule has 0 bridgehead atoms. The van der Waals surface area contributed by atoms with Crippen LogP contribution >= 0.6 is 0 Å². The summed E-state index contributed by atoms with van der Waals surface area (Å²) in [7, 11) is 0. The number of aromatic nitrogens is 2. The zero-order valence-corrected chi connectivity index (χ0v) is 16.7. The maximum atomic E-state index is 13.8. The lowest BCUT2D eigenvalue weighted by molar-refractivity contribution is -0.138. The second kappa shape index (κ2) is 8.51. The number of fused-ring (bicyclic) bond motifs is 1. The van der Waals surface area contributed by atoms with Gasteiger partial charge in [-0.15, -0.1) is 0 Å². The van der Waals surface area contributed by atoms with Crippen LogP contribution in [0.15, 0.2) is 48.5 Å². The fourth-order valence-corrected chi connectivity index (χ4v) is 3.32. The van der Waals surface area contributed by atoms with Crippen molar-refractivity contribution < 1.29 is 23.4 Å². The molecule has 6 nitrogen and oxygen atoms in total. The molecule has 0 unspecified atom stereocenters. The molecule has 0 saturated heterocycles. The van der Waals surface area contributed by atoms with Gasteiger partial charge in [-0.1, -0.05) is 12.1 Å². The minimum absolute atomic E-state index is 0.0948. The highest BCUT2D eigenvalue weighted by Gasteiger charge is 2.15. The van der Waals surface area contributed by atoms with E-state index in [9.17, 15) is 9.18 Å². The summed E-state index contributed by atoms with van der Waals surface area (Å²) in [5.41, 5.74) is 4.87. The minimum Gasteiger partial charge on any atom is -0.467 e. The van der Waals surface area contributed by atoms with Gasteiger partial charge in [0.25, 0.3) is 0 Å². The monoisotopic (exact) mass is 408 g/mol. The molecule has 0 aliphatic carbocycles.